The fourth-order valence-corrected chi connectivity index (χ4v) is 2.88. The van der Waals surface area contributed by atoms with Crippen molar-refractivity contribution < 1.29 is 41.0 Å². The van der Waals surface area contributed by atoms with Gasteiger partial charge in [-0.1, -0.05) is 30.3 Å². The first-order valence-electron chi connectivity index (χ1n) is 8.51. The first-order valence-corrected chi connectivity index (χ1v) is 8.51. The Morgan fingerprint density at radius 2 is 1.52 bits per heavy atom. The molecule has 2 aromatic rings. The van der Waals surface area contributed by atoms with Crippen LogP contribution in [0.5, 0.6) is 5.75 Å². The van der Waals surface area contributed by atoms with Crippen LogP contribution in [-0.4, -0.2) is 29.5 Å². The standard InChI is InChI=1S/C19H14F5NO4/c20-12-13(21)15(23)17(16(24)14(12)22)29-18(26)11-7-4-8-25(11)19(27)28-9-10-5-2-1-3-6-10/h1-3,5-6,11H,4,7-9H2. The summed E-state index contributed by atoms with van der Waals surface area (Å²) in [6.07, 6.45) is -0.433. The van der Waals surface area contributed by atoms with E-state index < -0.39 is 52.9 Å². The van der Waals surface area contributed by atoms with Crippen molar-refractivity contribution in [2.24, 2.45) is 0 Å². The highest BCUT2D eigenvalue weighted by molar-refractivity contribution is 5.83. The lowest BCUT2D eigenvalue weighted by molar-refractivity contribution is -0.139. The van der Waals surface area contributed by atoms with E-state index in [1.807, 2.05) is 0 Å². The van der Waals surface area contributed by atoms with E-state index in [-0.39, 0.29) is 19.6 Å². The molecule has 5 nitrogen and oxygen atoms in total. The molecular weight excluding hydrogens is 401 g/mol. The third kappa shape index (κ3) is 4.15. The summed E-state index contributed by atoms with van der Waals surface area (Å²) in [4.78, 5) is 25.5. The minimum absolute atomic E-state index is 0.0738. The molecule has 0 spiro atoms. The zero-order valence-electron chi connectivity index (χ0n) is 14.8. The van der Waals surface area contributed by atoms with Crippen LogP contribution in [0.3, 0.4) is 0 Å². The first kappa shape index (κ1) is 20.6. The third-order valence-electron chi connectivity index (χ3n) is 4.34. The highest BCUT2D eigenvalue weighted by Crippen LogP contribution is 2.30. The average Bonchev–Trinajstić information content (AvgIpc) is 3.23. The van der Waals surface area contributed by atoms with Crippen LogP contribution in [0.15, 0.2) is 30.3 Å². The molecule has 0 aromatic heterocycles. The molecular formula is C19H14F5NO4. The van der Waals surface area contributed by atoms with Crippen molar-refractivity contribution >= 4 is 12.1 Å². The topological polar surface area (TPSA) is 55.8 Å². The summed E-state index contributed by atoms with van der Waals surface area (Å²) in [6, 6.07) is 7.40. The van der Waals surface area contributed by atoms with E-state index in [0.717, 1.165) is 4.90 Å². The first-order chi connectivity index (χ1) is 13.8. The summed E-state index contributed by atoms with van der Waals surface area (Å²) in [5.41, 5.74) is 0.695. The van der Waals surface area contributed by atoms with Crippen LogP contribution in [0.4, 0.5) is 26.7 Å². The molecule has 2 aromatic carbocycles. The maximum absolute atomic E-state index is 13.7. The number of halogens is 5. The molecule has 154 valence electrons. The van der Waals surface area contributed by atoms with Gasteiger partial charge in [0.15, 0.2) is 0 Å². The van der Waals surface area contributed by atoms with Gasteiger partial charge in [-0.2, -0.15) is 8.78 Å². The molecule has 1 heterocycles. The Balaban J connectivity index is 1.71. The second-order valence-electron chi connectivity index (χ2n) is 6.21. The van der Waals surface area contributed by atoms with Gasteiger partial charge in [-0.05, 0) is 18.4 Å². The smallest absolute Gasteiger partial charge is 0.410 e. The van der Waals surface area contributed by atoms with Crippen LogP contribution in [0.1, 0.15) is 18.4 Å². The number of hydrogen-bond acceptors (Lipinski definition) is 4. The number of esters is 1. The molecule has 29 heavy (non-hydrogen) atoms. The van der Waals surface area contributed by atoms with Crippen molar-refractivity contribution in [1.29, 1.82) is 0 Å². The zero-order chi connectivity index (χ0) is 21.1. The van der Waals surface area contributed by atoms with Crippen LogP contribution in [0.25, 0.3) is 0 Å². The van der Waals surface area contributed by atoms with Crippen molar-refractivity contribution in [2.75, 3.05) is 6.54 Å². The van der Waals surface area contributed by atoms with Gasteiger partial charge >= 0.3 is 12.1 Å². The minimum atomic E-state index is -2.37. The molecule has 0 radical (unpaired) electrons. The molecule has 1 aliphatic rings. The third-order valence-corrected chi connectivity index (χ3v) is 4.34. The number of carbonyl (C=O) groups is 2. The number of carbonyl (C=O) groups excluding carboxylic acids is 2. The highest BCUT2D eigenvalue weighted by atomic mass is 19.2. The maximum Gasteiger partial charge on any atom is 0.410 e. The predicted octanol–water partition coefficient (Wildman–Crippen LogP) is 4.09. The van der Waals surface area contributed by atoms with Gasteiger partial charge in [0.2, 0.25) is 34.8 Å². The van der Waals surface area contributed by atoms with Crippen LogP contribution in [-0.2, 0) is 16.1 Å². The van der Waals surface area contributed by atoms with E-state index >= 15 is 0 Å². The largest absolute Gasteiger partial charge is 0.445 e. The lowest BCUT2D eigenvalue weighted by atomic mass is 10.2. The minimum Gasteiger partial charge on any atom is -0.445 e. The molecule has 1 aliphatic heterocycles. The van der Waals surface area contributed by atoms with E-state index in [1.165, 1.54) is 0 Å². The number of amides is 1. The Labute approximate surface area is 161 Å². The molecule has 1 unspecified atom stereocenters. The molecule has 1 amide bonds. The van der Waals surface area contributed by atoms with Gasteiger partial charge in [0, 0.05) is 6.54 Å². The van der Waals surface area contributed by atoms with E-state index in [4.69, 9.17) is 4.74 Å². The monoisotopic (exact) mass is 415 g/mol. The van der Waals surface area contributed by atoms with E-state index in [1.54, 1.807) is 30.3 Å². The lowest BCUT2D eigenvalue weighted by Crippen LogP contribution is -2.42. The van der Waals surface area contributed by atoms with Crippen LogP contribution >= 0.6 is 0 Å². The second kappa shape index (κ2) is 8.46. The van der Waals surface area contributed by atoms with Gasteiger partial charge in [0.1, 0.15) is 12.6 Å². The summed E-state index contributed by atoms with van der Waals surface area (Å²) in [7, 11) is 0. The highest BCUT2D eigenvalue weighted by Gasteiger charge is 2.38. The van der Waals surface area contributed by atoms with Crippen molar-refractivity contribution in [3.8, 4) is 5.75 Å². The van der Waals surface area contributed by atoms with Gasteiger partial charge in [-0.25, -0.2) is 22.8 Å². The number of nitrogens with zero attached hydrogens (tertiary/aromatic N) is 1. The molecule has 0 saturated carbocycles. The Hall–Kier alpha value is -3.17. The van der Waals surface area contributed by atoms with E-state index in [0.29, 0.717) is 12.0 Å². The molecule has 1 saturated heterocycles. The zero-order valence-corrected chi connectivity index (χ0v) is 14.8. The molecule has 0 bridgehead atoms. The summed E-state index contributed by atoms with van der Waals surface area (Å²) in [6.45, 7) is 0.0279. The van der Waals surface area contributed by atoms with Crippen molar-refractivity contribution in [3.05, 3.63) is 65.0 Å². The number of likely N-dealkylation sites (tertiary alicyclic amines) is 1. The molecule has 0 aliphatic carbocycles. The summed E-state index contributed by atoms with van der Waals surface area (Å²) in [5, 5.41) is 0. The van der Waals surface area contributed by atoms with E-state index in [2.05, 4.69) is 4.74 Å². The van der Waals surface area contributed by atoms with Gasteiger partial charge < -0.3 is 9.47 Å². The van der Waals surface area contributed by atoms with Gasteiger partial charge in [0.05, 0.1) is 0 Å². The quantitative estimate of drug-likeness (QED) is 0.248. The molecule has 1 fully saturated rings. The Kier molecular flexibility index (Phi) is 6.00. The van der Waals surface area contributed by atoms with Crippen LogP contribution < -0.4 is 4.74 Å². The lowest BCUT2D eigenvalue weighted by Gasteiger charge is -2.22. The summed E-state index contributed by atoms with van der Waals surface area (Å²) >= 11 is 0. The fraction of sp³-hybridized carbons (Fsp3) is 0.263. The number of ether oxygens (including phenoxy) is 2. The molecule has 10 heteroatoms. The number of rotatable bonds is 4. The summed E-state index contributed by atoms with van der Waals surface area (Å²) in [5.74, 6) is -14.4. The van der Waals surface area contributed by atoms with Crippen molar-refractivity contribution in [3.63, 3.8) is 0 Å². The Morgan fingerprint density at radius 3 is 2.14 bits per heavy atom. The van der Waals surface area contributed by atoms with Gasteiger partial charge in [-0.3, -0.25) is 4.90 Å². The van der Waals surface area contributed by atoms with Crippen LogP contribution in [0.2, 0.25) is 0 Å². The molecule has 3 rings (SSSR count). The van der Waals surface area contributed by atoms with Gasteiger partial charge in [-0.15, -0.1) is 0 Å². The predicted molar refractivity (Wildman–Crippen MR) is 88.2 cm³/mol. The molecule has 1 atom stereocenters. The Bertz CT molecular complexity index is 909. The van der Waals surface area contributed by atoms with E-state index in [9.17, 15) is 31.5 Å². The summed E-state index contributed by atoms with van der Waals surface area (Å²) < 4.78 is 76.6. The number of hydrogen-bond donors (Lipinski definition) is 0. The van der Waals surface area contributed by atoms with Crippen molar-refractivity contribution in [2.45, 2.75) is 25.5 Å². The normalized spacial score (nSPS) is 16.0. The van der Waals surface area contributed by atoms with Gasteiger partial charge in [0.25, 0.3) is 0 Å². The Morgan fingerprint density at radius 1 is 0.931 bits per heavy atom. The molecule has 0 N–H and O–H groups in total. The second-order valence-corrected chi connectivity index (χ2v) is 6.21. The fourth-order valence-electron chi connectivity index (χ4n) is 2.88. The number of benzene rings is 2. The SMILES string of the molecule is O=C(Oc1c(F)c(F)c(F)c(F)c1F)C1CCCN1C(=O)OCc1ccccc1. The van der Waals surface area contributed by atoms with Crippen molar-refractivity contribution in [1.82, 2.24) is 4.90 Å². The maximum atomic E-state index is 13.7. The van der Waals surface area contributed by atoms with Crippen LogP contribution in [0, 0.1) is 29.1 Å². The average molecular weight is 415 g/mol.